The van der Waals surface area contributed by atoms with Gasteiger partial charge in [-0.3, -0.25) is 9.78 Å². The van der Waals surface area contributed by atoms with Gasteiger partial charge in [0.15, 0.2) is 0 Å². The minimum absolute atomic E-state index is 0. The quantitative estimate of drug-likeness (QED) is 0.878. The number of fused-ring (bicyclic) bond motifs is 1. The number of nitrogens with one attached hydrogen (secondary N) is 1. The van der Waals surface area contributed by atoms with Gasteiger partial charge in [-0.2, -0.15) is 0 Å². The van der Waals surface area contributed by atoms with E-state index in [1.54, 1.807) is 18.3 Å². The normalized spacial score (nSPS) is 18.4. The molecule has 2 heterocycles. The predicted molar refractivity (Wildman–Crippen MR) is 82.3 cm³/mol. The lowest BCUT2D eigenvalue weighted by atomic mass is 10.1. The Morgan fingerprint density at radius 1 is 1.43 bits per heavy atom. The van der Waals surface area contributed by atoms with E-state index in [-0.39, 0.29) is 24.1 Å². The Balaban J connectivity index is 0.00000161. The number of hydrogen-bond acceptors (Lipinski definition) is 3. The summed E-state index contributed by atoms with van der Waals surface area (Å²) in [6, 6.07) is 6.39. The van der Waals surface area contributed by atoms with Crippen molar-refractivity contribution in [2.24, 2.45) is 0 Å². The molecule has 0 spiro atoms. The highest BCUT2D eigenvalue weighted by Crippen LogP contribution is 2.16. The summed E-state index contributed by atoms with van der Waals surface area (Å²) in [7, 11) is 0. The molecular weight excluding hydrogens is 293 g/mol. The Kier molecular flexibility index (Phi) is 4.75. The molecule has 2 aromatic rings. The van der Waals surface area contributed by atoms with Gasteiger partial charge in [0.25, 0.3) is 5.91 Å². The van der Waals surface area contributed by atoms with Crippen LogP contribution in [-0.4, -0.2) is 41.5 Å². The summed E-state index contributed by atoms with van der Waals surface area (Å²) in [5.41, 5.74) is 1.20. The molecule has 1 aliphatic rings. The Morgan fingerprint density at radius 2 is 2.24 bits per heavy atom. The minimum Gasteiger partial charge on any atom is -0.336 e. The van der Waals surface area contributed by atoms with Crippen LogP contribution in [0.1, 0.15) is 17.3 Å². The first-order valence-corrected chi connectivity index (χ1v) is 6.71. The second kappa shape index (κ2) is 6.37. The summed E-state index contributed by atoms with van der Waals surface area (Å²) >= 11 is 0. The van der Waals surface area contributed by atoms with Crippen molar-refractivity contribution in [2.75, 3.05) is 19.6 Å². The minimum atomic E-state index is -0.320. The number of carbonyl (C=O) groups excluding carboxylic acids is 1. The molecule has 0 bridgehead atoms. The standard InChI is InChI=1S/C15H16FN3O.ClH/c1-10-9-19(5-4-17-10)15(20)12-6-11-7-13(16)2-3-14(11)18-8-12;/h2-3,6-8,10,17H,4-5,9H2,1H3;1H/t10-;/m1./s1. The average Bonchev–Trinajstić information content (AvgIpc) is 2.45. The van der Waals surface area contributed by atoms with Crippen molar-refractivity contribution in [3.05, 3.63) is 41.8 Å². The molecule has 3 rings (SSSR count). The predicted octanol–water partition coefficient (Wildman–Crippen LogP) is 2.23. The number of pyridine rings is 1. The molecule has 1 aromatic carbocycles. The van der Waals surface area contributed by atoms with Gasteiger partial charge in [-0.1, -0.05) is 0 Å². The monoisotopic (exact) mass is 309 g/mol. The third-order valence-electron chi connectivity index (χ3n) is 3.55. The van der Waals surface area contributed by atoms with Gasteiger partial charge in [-0.15, -0.1) is 12.4 Å². The summed E-state index contributed by atoms with van der Waals surface area (Å²) in [5, 5.41) is 3.95. The van der Waals surface area contributed by atoms with Gasteiger partial charge in [0.2, 0.25) is 0 Å². The van der Waals surface area contributed by atoms with Crippen LogP contribution in [0.25, 0.3) is 10.9 Å². The molecule has 1 atom stereocenters. The molecule has 0 unspecified atom stereocenters. The molecule has 4 nitrogen and oxygen atoms in total. The molecule has 112 valence electrons. The zero-order chi connectivity index (χ0) is 14.1. The van der Waals surface area contributed by atoms with Crippen LogP contribution < -0.4 is 5.32 Å². The number of halogens is 2. The van der Waals surface area contributed by atoms with E-state index in [2.05, 4.69) is 10.3 Å². The SMILES string of the molecule is C[C@@H]1CN(C(=O)c2cnc3ccc(F)cc3c2)CCN1.Cl. The first kappa shape index (κ1) is 15.7. The van der Waals surface area contributed by atoms with E-state index in [9.17, 15) is 9.18 Å². The fourth-order valence-corrected chi connectivity index (χ4v) is 2.52. The average molecular weight is 310 g/mol. The fourth-order valence-electron chi connectivity index (χ4n) is 2.52. The maximum atomic E-state index is 13.2. The number of nitrogens with zero attached hydrogens (tertiary/aromatic N) is 2. The van der Waals surface area contributed by atoms with E-state index >= 15 is 0 Å². The van der Waals surface area contributed by atoms with Gasteiger partial charge in [-0.05, 0) is 31.2 Å². The van der Waals surface area contributed by atoms with Gasteiger partial charge < -0.3 is 10.2 Å². The Labute approximate surface area is 128 Å². The number of rotatable bonds is 1. The van der Waals surface area contributed by atoms with Crippen LogP contribution in [0.15, 0.2) is 30.5 Å². The Bertz CT molecular complexity index is 664. The molecule has 1 amide bonds. The molecule has 0 aliphatic carbocycles. The molecule has 0 saturated carbocycles. The van der Waals surface area contributed by atoms with Gasteiger partial charge in [0.05, 0.1) is 11.1 Å². The number of hydrogen-bond donors (Lipinski definition) is 1. The molecule has 1 N–H and O–H groups in total. The lowest BCUT2D eigenvalue weighted by Crippen LogP contribution is -2.51. The second-order valence-electron chi connectivity index (χ2n) is 5.17. The lowest BCUT2D eigenvalue weighted by Gasteiger charge is -2.31. The molecule has 1 fully saturated rings. The molecule has 1 saturated heterocycles. The van der Waals surface area contributed by atoms with Crippen molar-refractivity contribution in [1.29, 1.82) is 0 Å². The van der Waals surface area contributed by atoms with Gasteiger partial charge in [0, 0.05) is 37.3 Å². The van der Waals surface area contributed by atoms with E-state index in [4.69, 9.17) is 0 Å². The topological polar surface area (TPSA) is 45.2 Å². The highest BCUT2D eigenvalue weighted by molar-refractivity contribution is 5.97. The molecule has 1 aromatic heterocycles. The van der Waals surface area contributed by atoms with Crippen LogP contribution in [0.5, 0.6) is 0 Å². The summed E-state index contributed by atoms with van der Waals surface area (Å²) in [4.78, 5) is 18.5. The van der Waals surface area contributed by atoms with Crippen LogP contribution in [0.2, 0.25) is 0 Å². The van der Waals surface area contributed by atoms with Crippen LogP contribution in [0.4, 0.5) is 4.39 Å². The summed E-state index contributed by atoms with van der Waals surface area (Å²) < 4.78 is 13.2. The number of carbonyl (C=O) groups is 1. The van der Waals surface area contributed by atoms with Gasteiger partial charge in [0.1, 0.15) is 5.82 Å². The van der Waals surface area contributed by atoms with Crippen LogP contribution in [-0.2, 0) is 0 Å². The van der Waals surface area contributed by atoms with E-state index in [1.807, 2.05) is 11.8 Å². The highest BCUT2D eigenvalue weighted by atomic mass is 35.5. The smallest absolute Gasteiger partial charge is 0.255 e. The van der Waals surface area contributed by atoms with Crippen molar-refractivity contribution in [3.8, 4) is 0 Å². The zero-order valence-corrected chi connectivity index (χ0v) is 12.5. The van der Waals surface area contributed by atoms with E-state index < -0.39 is 0 Å². The van der Waals surface area contributed by atoms with Crippen molar-refractivity contribution >= 4 is 29.2 Å². The maximum absolute atomic E-state index is 13.2. The number of benzene rings is 1. The summed E-state index contributed by atoms with van der Waals surface area (Å²) in [6.45, 7) is 4.21. The van der Waals surface area contributed by atoms with E-state index in [0.717, 1.165) is 6.54 Å². The first-order valence-electron chi connectivity index (χ1n) is 6.71. The maximum Gasteiger partial charge on any atom is 0.255 e. The van der Waals surface area contributed by atoms with Crippen LogP contribution in [0.3, 0.4) is 0 Å². The highest BCUT2D eigenvalue weighted by Gasteiger charge is 2.21. The van der Waals surface area contributed by atoms with Crippen molar-refractivity contribution < 1.29 is 9.18 Å². The number of aromatic nitrogens is 1. The lowest BCUT2D eigenvalue weighted by molar-refractivity contribution is 0.0709. The largest absolute Gasteiger partial charge is 0.336 e. The summed E-state index contributed by atoms with van der Waals surface area (Å²) in [5.74, 6) is -0.364. The molecular formula is C15H17ClFN3O. The number of piperazine rings is 1. The van der Waals surface area contributed by atoms with Crippen molar-refractivity contribution in [3.63, 3.8) is 0 Å². The first-order chi connectivity index (χ1) is 9.63. The Morgan fingerprint density at radius 3 is 3.00 bits per heavy atom. The van der Waals surface area contributed by atoms with E-state index in [0.29, 0.717) is 35.6 Å². The van der Waals surface area contributed by atoms with Crippen molar-refractivity contribution in [1.82, 2.24) is 15.2 Å². The Hall–Kier alpha value is -1.72. The molecule has 1 aliphatic heterocycles. The van der Waals surface area contributed by atoms with Gasteiger partial charge >= 0.3 is 0 Å². The van der Waals surface area contributed by atoms with Gasteiger partial charge in [-0.25, -0.2) is 4.39 Å². The van der Waals surface area contributed by atoms with Crippen molar-refractivity contribution in [2.45, 2.75) is 13.0 Å². The van der Waals surface area contributed by atoms with Crippen LogP contribution >= 0.6 is 12.4 Å². The van der Waals surface area contributed by atoms with Crippen LogP contribution in [0, 0.1) is 5.82 Å². The molecule has 0 radical (unpaired) electrons. The fraction of sp³-hybridized carbons (Fsp3) is 0.333. The molecule has 6 heteroatoms. The second-order valence-corrected chi connectivity index (χ2v) is 5.17. The summed E-state index contributed by atoms with van der Waals surface area (Å²) in [6.07, 6.45) is 1.56. The van der Waals surface area contributed by atoms with E-state index in [1.165, 1.54) is 12.1 Å². The third kappa shape index (κ3) is 3.31. The molecule has 21 heavy (non-hydrogen) atoms. The number of amides is 1. The third-order valence-corrected chi connectivity index (χ3v) is 3.55. The zero-order valence-electron chi connectivity index (χ0n) is 11.7.